The molecule has 4 nitrogen and oxygen atoms in total. The second kappa shape index (κ2) is 10.9. The number of aromatic amines is 1. The van der Waals surface area contributed by atoms with E-state index in [4.69, 9.17) is 9.97 Å². The number of aryl methyl sites for hydroxylation is 1. The molecule has 7 rings (SSSR count). The maximum atomic E-state index is 5.03. The van der Waals surface area contributed by atoms with E-state index in [9.17, 15) is 0 Å². The van der Waals surface area contributed by atoms with E-state index in [0.29, 0.717) is 0 Å². The average molecular weight is 574 g/mol. The van der Waals surface area contributed by atoms with E-state index in [0.717, 1.165) is 58.1 Å². The van der Waals surface area contributed by atoms with Gasteiger partial charge in [-0.3, -0.25) is 4.57 Å². The first-order chi connectivity index (χ1) is 19.2. The molecule has 0 amide bonds. The average Bonchev–Trinajstić information content (AvgIpc) is 3.59. The van der Waals surface area contributed by atoms with Gasteiger partial charge in [-0.05, 0) is 53.2 Å². The number of H-pyrrole nitrogens is 1. The third kappa shape index (κ3) is 4.75. The highest BCUT2D eigenvalue weighted by molar-refractivity contribution is 9.11. The van der Waals surface area contributed by atoms with Crippen LogP contribution in [-0.4, -0.2) is 19.5 Å². The molecular formula is C34H29BrN4. The van der Waals surface area contributed by atoms with Gasteiger partial charge in [0.15, 0.2) is 5.82 Å². The normalized spacial score (nSPS) is 12.4. The minimum absolute atomic E-state index is 0.722. The highest BCUT2D eigenvalue weighted by atomic mass is 79.9. The Bertz CT molecular complexity index is 1720. The molecule has 1 aliphatic rings. The first-order valence-electron chi connectivity index (χ1n) is 13.4. The van der Waals surface area contributed by atoms with Gasteiger partial charge >= 0.3 is 0 Å². The number of hydrogen-bond donors (Lipinski definition) is 1. The number of hydrogen-bond acceptors (Lipinski definition) is 2. The summed E-state index contributed by atoms with van der Waals surface area (Å²) in [5, 5.41) is 1.29. The molecule has 3 heterocycles. The van der Waals surface area contributed by atoms with Crippen molar-refractivity contribution in [1.29, 1.82) is 0 Å². The van der Waals surface area contributed by atoms with Crippen LogP contribution in [0.5, 0.6) is 0 Å². The molecule has 1 aliphatic carbocycles. The maximum Gasteiger partial charge on any atom is 0.160 e. The van der Waals surface area contributed by atoms with Crippen LogP contribution in [0.25, 0.3) is 56.7 Å². The summed E-state index contributed by atoms with van der Waals surface area (Å²) in [6.45, 7) is 4.00. The summed E-state index contributed by atoms with van der Waals surface area (Å²) >= 11 is 3.74. The van der Waals surface area contributed by atoms with E-state index in [2.05, 4.69) is 92.2 Å². The van der Waals surface area contributed by atoms with Crippen LogP contribution in [0.3, 0.4) is 0 Å². The smallest absolute Gasteiger partial charge is 0.160 e. The predicted molar refractivity (Wildman–Crippen MR) is 166 cm³/mol. The van der Waals surface area contributed by atoms with Crippen molar-refractivity contribution in [1.82, 2.24) is 19.5 Å². The van der Waals surface area contributed by atoms with Crippen molar-refractivity contribution in [2.75, 3.05) is 0 Å². The van der Waals surface area contributed by atoms with Gasteiger partial charge in [0, 0.05) is 34.0 Å². The van der Waals surface area contributed by atoms with Crippen molar-refractivity contribution >= 4 is 33.0 Å². The van der Waals surface area contributed by atoms with Gasteiger partial charge in [0.2, 0.25) is 0 Å². The van der Waals surface area contributed by atoms with Gasteiger partial charge < -0.3 is 4.98 Å². The van der Waals surface area contributed by atoms with Crippen molar-refractivity contribution in [2.45, 2.75) is 26.7 Å². The molecule has 39 heavy (non-hydrogen) atoms. The number of nitrogens with one attached hydrogen (secondary N) is 1. The summed E-state index contributed by atoms with van der Waals surface area (Å²) in [7, 11) is 0. The predicted octanol–water partition coefficient (Wildman–Crippen LogP) is 9.46. The van der Waals surface area contributed by atoms with E-state index in [-0.39, 0.29) is 0 Å². The van der Waals surface area contributed by atoms with E-state index in [1.807, 2.05) is 56.4 Å². The molecule has 0 spiro atoms. The van der Waals surface area contributed by atoms with Crippen molar-refractivity contribution in [3.8, 4) is 39.6 Å². The number of halogens is 1. The fraction of sp³-hybridized carbons (Fsp3) is 0.118. The van der Waals surface area contributed by atoms with Crippen LogP contribution >= 0.6 is 15.9 Å². The van der Waals surface area contributed by atoms with E-state index < -0.39 is 0 Å². The molecule has 0 saturated carbocycles. The third-order valence-electron chi connectivity index (χ3n) is 6.96. The number of rotatable bonds is 4. The lowest BCUT2D eigenvalue weighted by molar-refractivity contribution is 0.956. The van der Waals surface area contributed by atoms with Crippen molar-refractivity contribution in [2.24, 2.45) is 0 Å². The molecule has 3 aromatic heterocycles. The Hall–Kier alpha value is -4.22. The molecule has 6 aromatic rings. The van der Waals surface area contributed by atoms with Gasteiger partial charge in [-0.25, -0.2) is 9.97 Å². The molecular weight excluding hydrogens is 544 g/mol. The maximum absolute atomic E-state index is 5.03. The molecule has 0 fully saturated rings. The fourth-order valence-corrected chi connectivity index (χ4v) is 5.62. The standard InChI is InChI=1S/C32H23BrN4.C2H6/c33-24-14-15-26-27-16-17-34-32(27)37(30(26)19-24)25-13-7-12-23(18-25)29-20-28(21-8-3-1-4-9-21)35-31(36-29)22-10-5-2-6-11-22;1-2/h1-13,16-20,34H,14-15H2;1-2H3. The van der Waals surface area contributed by atoms with Gasteiger partial charge in [-0.15, -0.1) is 0 Å². The Kier molecular flexibility index (Phi) is 6.99. The van der Waals surface area contributed by atoms with Crippen LogP contribution in [0.15, 0.2) is 108 Å². The Morgan fingerprint density at radius 1 is 0.718 bits per heavy atom. The molecule has 1 N–H and O–H groups in total. The summed E-state index contributed by atoms with van der Waals surface area (Å²) in [5.74, 6) is 0.722. The first kappa shape index (κ1) is 25.1. The summed E-state index contributed by atoms with van der Waals surface area (Å²) in [6.07, 6.45) is 6.34. The second-order valence-corrected chi connectivity index (χ2v) is 10.3. The Labute approximate surface area is 237 Å². The van der Waals surface area contributed by atoms with Crippen LogP contribution < -0.4 is 0 Å². The molecule has 0 unspecified atom stereocenters. The first-order valence-corrected chi connectivity index (χ1v) is 14.2. The minimum atomic E-state index is 0.722. The molecule has 0 radical (unpaired) electrons. The van der Waals surface area contributed by atoms with Crippen LogP contribution in [0.4, 0.5) is 0 Å². The molecule has 3 aromatic carbocycles. The molecule has 0 saturated heterocycles. The summed E-state index contributed by atoms with van der Waals surface area (Å²) in [6, 6.07) is 33.4. The number of aromatic nitrogens is 4. The van der Waals surface area contributed by atoms with Crippen LogP contribution in [0.2, 0.25) is 0 Å². The molecule has 5 heteroatoms. The second-order valence-electron chi connectivity index (χ2n) is 9.27. The summed E-state index contributed by atoms with van der Waals surface area (Å²) in [5.41, 5.74) is 9.78. The molecule has 0 atom stereocenters. The SMILES string of the molecule is BrC1=Cc2c(c3cc[nH]c3n2-c2cccc(-c3cc(-c4ccccc4)nc(-c4ccccc4)n3)c2)CC1.CC. The van der Waals surface area contributed by atoms with Gasteiger partial charge in [-0.1, -0.05) is 103 Å². The van der Waals surface area contributed by atoms with E-state index in [1.165, 1.54) is 21.1 Å². The van der Waals surface area contributed by atoms with Crippen LogP contribution in [0.1, 0.15) is 31.5 Å². The van der Waals surface area contributed by atoms with E-state index >= 15 is 0 Å². The zero-order valence-electron chi connectivity index (χ0n) is 22.0. The van der Waals surface area contributed by atoms with Gasteiger partial charge in [0.1, 0.15) is 5.65 Å². The van der Waals surface area contributed by atoms with E-state index in [1.54, 1.807) is 0 Å². The lowest BCUT2D eigenvalue weighted by Crippen LogP contribution is -2.02. The van der Waals surface area contributed by atoms with Gasteiger partial charge in [0.05, 0.1) is 17.1 Å². The summed E-state index contributed by atoms with van der Waals surface area (Å²) in [4.78, 5) is 13.4. The number of fused-ring (bicyclic) bond motifs is 3. The molecule has 0 bridgehead atoms. The fourth-order valence-electron chi connectivity index (χ4n) is 5.20. The van der Waals surface area contributed by atoms with Gasteiger partial charge in [-0.2, -0.15) is 0 Å². The molecule has 0 aliphatic heterocycles. The monoisotopic (exact) mass is 572 g/mol. The van der Waals surface area contributed by atoms with Crippen molar-refractivity contribution in [3.05, 3.63) is 119 Å². The number of allylic oxidation sites excluding steroid dienone is 1. The van der Waals surface area contributed by atoms with Crippen molar-refractivity contribution < 1.29 is 0 Å². The topological polar surface area (TPSA) is 46.5 Å². The zero-order chi connectivity index (χ0) is 26.8. The molecule has 192 valence electrons. The van der Waals surface area contributed by atoms with Gasteiger partial charge in [0.25, 0.3) is 0 Å². The van der Waals surface area contributed by atoms with Crippen LogP contribution in [0, 0.1) is 0 Å². The lowest BCUT2D eigenvalue weighted by atomic mass is 10.0. The zero-order valence-corrected chi connectivity index (χ0v) is 23.6. The highest BCUT2D eigenvalue weighted by Gasteiger charge is 2.21. The van der Waals surface area contributed by atoms with Crippen LogP contribution in [-0.2, 0) is 6.42 Å². The number of benzene rings is 3. The minimum Gasteiger partial charge on any atom is -0.347 e. The quantitative estimate of drug-likeness (QED) is 0.228. The third-order valence-corrected chi connectivity index (χ3v) is 7.58. The van der Waals surface area contributed by atoms with Crippen molar-refractivity contribution in [3.63, 3.8) is 0 Å². The Morgan fingerprint density at radius 3 is 2.13 bits per heavy atom. The highest BCUT2D eigenvalue weighted by Crippen LogP contribution is 2.37. The number of nitrogens with zero attached hydrogens (tertiary/aromatic N) is 3. The summed E-state index contributed by atoms with van der Waals surface area (Å²) < 4.78 is 3.56. The largest absolute Gasteiger partial charge is 0.347 e. The Morgan fingerprint density at radius 2 is 1.38 bits per heavy atom. The lowest BCUT2D eigenvalue weighted by Gasteiger charge is -2.15. The Balaban J connectivity index is 0.00000135.